The van der Waals surface area contributed by atoms with Gasteiger partial charge in [0.25, 0.3) is 0 Å². The van der Waals surface area contributed by atoms with Crippen molar-refractivity contribution in [2.24, 2.45) is 5.92 Å². The second-order valence-corrected chi connectivity index (χ2v) is 2.72. The van der Waals surface area contributed by atoms with Gasteiger partial charge >= 0.3 is 5.97 Å². The van der Waals surface area contributed by atoms with E-state index in [4.69, 9.17) is 9.47 Å². The maximum Gasteiger partial charge on any atom is 0.309 e. The fourth-order valence-electron chi connectivity index (χ4n) is 1.14. The van der Waals surface area contributed by atoms with Crippen LogP contribution in [-0.2, 0) is 14.3 Å². The third-order valence-corrected chi connectivity index (χ3v) is 1.82. The molecule has 3 heteroatoms. The van der Waals surface area contributed by atoms with Gasteiger partial charge in [0.05, 0.1) is 25.4 Å². The Labute approximate surface area is 72.4 Å². The van der Waals surface area contributed by atoms with E-state index >= 15 is 0 Å². The molecular formula is C9H14O3. The Kier molecular flexibility index (Phi) is 3.64. The lowest BCUT2D eigenvalue weighted by Crippen LogP contribution is -2.05. The maximum absolute atomic E-state index is 10.9. The number of ether oxygens (including phenoxy) is 2. The molecular weight excluding hydrogens is 156 g/mol. The van der Waals surface area contributed by atoms with Crippen molar-refractivity contribution in [1.29, 1.82) is 0 Å². The lowest BCUT2D eigenvalue weighted by molar-refractivity contribution is -0.141. The van der Waals surface area contributed by atoms with E-state index in [1.807, 2.05) is 13.0 Å². The van der Waals surface area contributed by atoms with Gasteiger partial charge in [-0.3, -0.25) is 4.79 Å². The molecule has 1 unspecified atom stereocenters. The molecule has 1 atom stereocenters. The molecule has 12 heavy (non-hydrogen) atoms. The molecule has 0 aliphatic carbocycles. The average molecular weight is 170 g/mol. The van der Waals surface area contributed by atoms with Crippen LogP contribution in [0, 0.1) is 5.92 Å². The quantitative estimate of drug-likeness (QED) is 0.473. The first-order valence-corrected chi connectivity index (χ1v) is 4.28. The molecule has 68 valence electrons. The van der Waals surface area contributed by atoms with Crippen molar-refractivity contribution >= 4 is 5.97 Å². The molecule has 0 amide bonds. The minimum atomic E-state index is -0.0730. The SMILES string of the molecule is CCO/C=C\CC1CCOC1=O. The molecule has 0 aromatic heterocycles. The number of cyclic esters (lactones) is 1. The molecule has 1 aliphatic heterocycles. The van der Waals surface area contributed by atoms with Crippen molar-refractivity contribution in [3.8, 4) is 0 Å². The van der Waals surface area contributed by atoms with Gasteiger partial charge in [0.1, 0.15) is 0 Å². The zero-order chi connectivity index (χ0) is 8.81. The Morgan fingerprint density at radius 3 is 3.17 bits per heavy atom. The number of esters is 1. The van der Waals surface area contributed by atoms with E-state index in [9.17, 15) is 4.79 Å². The monoisotopic (exact) mass is 170 g/mol. The summed E-state index contributed by atoms with van der Waals surface area (Å²) in [4.78, 5) is 10.9. The Balaban J connectivity index is 2.18. The highest BCUT2D eigenvalue weighted by atomic mass is 16.5. The van der Waals surface area contributed by atoms with Gasteiger partial charge < -0.3 is 9.47 Å². The zero-order valence-electron chi connectivity index (χ0n) is 7.29. The summed E-state index contributed by atoms with van der Waals surface area (Å²) in [6.45, 7) is 3.17. The molecule has 1 rings (SSSR count). The predicted octanol–water partition coefficient (Wildman–Crippen LogP) is 1.49. The van der Waals surface area contributed by atoms with Crippen molar-refractivity contribution in [2.45, 2.75) is 19.8 Å². The molecule has 1 heterocycles. The Hall–Kier alpha value is -0.990. The molecule has 0 N–H and O–H groups in total. The average Bonchev–Trinajstić information content (AvgIpc) is 2.46. The Morgan fingerprint density at radius 1 is 1.75 bits per heavy atom. The third-order valence-electron chi connectivity index (χ3n) is 1.82. The maximum atomic E-state index is 10.9. The molecule has 1 aliphatic rings. The first-order chi connectivity index (χ1) is 5.84. The predicted molar refractivity (Wildman–Crippen MR) is 44.4 cm³/mol. The Bertz CT molecular complexity index is 175. The minimum Gasteiger partial charge on any atom is -0.502 e. The molecule has 1 saturated heterocycles. The van der Waals surface area contributed by atoms with Gasteiger partial charge in [0, 0.05) is 0 Å². The highest BCUT2D eigenvalue weighted by Crippen LogP contribution is 2.18. The number of carbonyl (C=O) groups excluding carboxylic acids is 1. The minimum absolute atomic E-state index is 0.0571. The largest absolute Gasteiger partial charge is 0.502 e. The topological polar surface area (TPSA) is 35.5 Å². The van der Waals surface area contributed by atoms with Gasteiger partial charge in [0.2, 0.25) is 0 Å². The highest BCUT2D eigenvalue weighted by Gasteiger charge is 2.24. The van der Waals surface area contributed by atoms with Crippen LogP contribution in [0.3, 0.4) is 0 Å². The van der Waals surface area contributed by atoms with E-state index in [1.165, 1.54) is 0 Å². The van der Waals surface area contributed by atoms with E-state index < -0.39 is 0 Å². The summed E-state index contributed by atoms with van der Waals surface area (Å²) in [6, 6.07) is 0. The number of rotatable bonds is 4. The molecule has 0 saturated carbocycles. The molecule has 0 spiro atoms. The van der Waals surface area contributed by atoms with Crippen LogP contribution in [0.15, 0.2) is 12.3 Å². The smallest absolute Gasteiger partial charge is 0.309 e. The van der Waals surface area contributed by atoms with Crippen molar-refractivity contribution in [3.63, 3.8) is 0 Å². The van der Waals surface area contributed by atoms with Gasteiger partial charge in [-0.25, -0.2) is 0 Å². The summed E-state index contributed by atoms with van der Waals surface area (Å²) >= 11 is 0. The number of hydrogen-bond acceptors (Lipinski definition) is 3. The van der Waals surface area contributed by atoms with E-state index in [2.05, 4.69) is 0 Å². The second kappa shape index (κ2) is 4.80. The van der Waals surface area contributed by atoms with Gasteiger partial charge in [-0.15, -0.1) is 0 Å². The standard InChI is InChI=1S/C9H14O3/c1-2-11-6-3-4-8-5-7-12-9(8)10/h3,6,8H,2,4-5,7H2,1H3/b6-3-. The van der Waals surface area contributed by atoms with Crippen LogP contribution in [0.1, 0.15) is 19.8 Å². The van der Waals surface area contributed by atoms with E-state index in [1.54, 1.807) is 6.26 Å². The van der Waals surface area contributed by atoms with Gasteiger partial charge in [-0.1, -0.05) is 0 Å². The lowest BCUT2D eigenvalue weighted by atomic mass is 10.1. The highest BCUT2D eigenvalue weighted by molar-refractivity contribution is 5.74. The fraction of sp³-hybridized carbons (Fsp3) is 0.667. The first-order valence-electron chi connectivity index (χ1n) is 4.28. The molecule has 0 aromatic carbocycles. The summed E-state index contributed by atoms with van der Waals surface area (Å²) in [7, 11) is 0. The van der Waals surface area contributed by atoms with Crippen LogP contribution in [-0.4, -0.2) is 19.2 Å². The summed E-state index contributed by atoms with van der Waals surface area (Å²) < 4.78 is 9.80. The first kappa shape index (κ1) is 9.10. The van der Waals surface area contributed by atoms with Crippen molar-refractivity contribution in [3.05, 3.63) is 12.3 Å². The summed E-state index contributed by atoms with van der Waals surface area (Å²) in [5, 5.41) is 0. The van der Waals surface area contributed by atoms with Gasteiger partial charge in [-0.05, 0) is 25.8 Å². The van der Waals surface area contributed by atoms with Crippen LogP contribution in [0.5, 0.6) is 0 Å². The van der Waals surface area contributed by atoms with E-state index in [-0.39, 0.29) is 11.9 Å². The number of hydrogen-bond donors (Lipinski definition) is 0. The summed E-state index contributed by atoms with van der Waals surface area (Å²) in [5.74, 6) is -0.0159. The van der Waals surface area contributed by atoms with Crippen molar-refractivity contribution in [2.75, 3.05) is 13.2 Å². The lowest BCUT2D eigenvalue weighted by Gasteiger charge is -1.99. The van der Waals surface area contributed by atoms with Gasteiger partial charge in [0.15, 0.2) is 0 Å². The molecule has 1 fully saturated rings. The molecule has 3 nitrogen and oxygen atoms in total. The van der Waals surface area contributed by atoms with Crippen LogP contribution in [0.2, 0.25) is 0 Å². The van der Waals surface area contributed by atoms with E-state index in [0.717, 1.165) is 12.8 Å². The van der Waals surface area contributed by atoms with Crippen LogP contribution >= 0.6 is 0 Å². The molecule has 0 aromatic rings. The van der Waals surface area contributed by atoms with Crippen LogP contribution < -0.4 is 0 Å². The van der Waals surface area contributed by atoms with Crippen LogP contribution in [0.4, 0.5) is 0 Å². The fourth-order valence-corrected chi connectivity index (χ4v) is 1.14. The third kappa shape index (κ3) is 2.57. The molecule has 0 bridgehead atoms. The summed E-state index contributed by atoms with van der Waals surface area (Å²) in [5.41, 5.74) is 0. The van der Waals surface area contributed by atoms with Crippen molar-refractivity contribution < 1.29 is 14.3 Å². The Morgan fingerprint density at radius 2 is 2.58 bits per heavy atom. The number of allylic oxidation sites excluding steroid dienone is 1. The normalized spacial score (nSPS) is 23.1. The second-order valence-electron chi connectivity index (χ2n) is 2.72. The summed E-state index contributed by atoms with van der Waals surface area (Å²) in [6.07, 6.45) is 5.10. The van der Waals surface area contributed by atoms with E-state index in [0.29, 0.717) is 13.2 Å². The van der Waals surface area contributed by atoms with Crippen molar-refractivity contribution in [1.82, 2.24) is 0 Å². The molecule has 0 radical (unpaired) electrons. The van der Waals surface area contributed by atoms with Gasteiger partial charge in [-0.2, -0.15) is 0 Å². The zero-order valence-corrected chi connectivity index (χ0v) is 7.29. The van der Waals surface area contributed by atoms with Crippen LogP contribution in [0.25, 0.3) is 0 Å². The number of carbonyl (C=O) groups is 1.